The van der Waals surface area contributed by atoms with Gasteiger partial charge in [-0.05, 0) is 33.1 Å². The van der Waals surface area contributed by atoms with Gasteiger partial charge in [-0.3, -0.25) is 0 Å². The minimum absolute atomic E-state index is 0.735. The number of rotatable bonds is 6. The monoisotopic (exact) mass is 183 g/mol. The van der Waals surface area contributed by atoms with Crippen LogP contribution in [0.2, 0.25) is 0 Å². The molecule has 0 aliphatic heterocycles. The van der Waals surface area contributed by atoms with Crippen LogP contribution in [0.3, 0.4) is 0 Å². The van der Waals surface area contributed by atoms with E-state index < -0.39 is 0 Å². The summed E-state index contributed by atoms with van der Waals surface area (Å²) in [6.45, 7) is 12.2. The van der Waals surface area contributed by atoms with Crippen molar-refractivity contribution >= 4 is 0 Å². The predicted octanol–water partition coefficient (Wildman–Crippen LogP) is 3.72. The third-order valence-corrected chi connectivity index (χ3v) is 2.76. The Morgan fingerprint density at radius 1 is 1.23 bits per heavy atom. The van der Waals surface area contributed by atoms with Crippen LogP contribution in [-0.4, -0.2) is 6.54 Å². The van der Waals surface area contributed by atoms with Crippen LogP contribution in [0.15, 0.2) is 11.3 Å². The van der Waals surface area contributed by atoms with Crippen molar-refractivity contribution in [2.75, 3.05) is 6.54 Å². The Hall–Kier alpha value is -0.460. The zero-order valence-corrected chi connectivity index (χ0v) is 9.91. The largest absolute Gasteiger partial charge is 0.389 e. The molecule has 0 saturated carbocycles. The smallest absolute Gasteiger partial charge is 0.0115 e. The van der Waals surface area contributed by atoms with E-state index >= 15 is 0 Å². The number of hydrogen-bond donors (Lipinski definition) is 1. The standard InChI is InChI=1S/C12H25N/c1-6-8-9-10(3)11(4)12(5)13-7-2/h10,13H,6-9H2,1-5H3/b12-11-/t10-/m0/s1. The molecule has 1 N–H and O–H groups in total. The number of nitrogens with one attached hydrogen (secondary N) is 1. The first-order chi connectivity index (χ1) is 6.13. The molecule has 13 heavy (non-hydrogen) atoms. The fourth-order valence-electron chi connectivity index (χ4n) is 1.50. The molecule has 0 spiro atoms. The summed E-state index contributed by atoms with van der Waals surface area (Å²) in [6.07, 6.45) is 3.97. The normalized spacial score (nSPS) is 15.2. The molecule has 0 heterocycles. The lowest BCUT2D eigenvalue weighted by molar-refractivity contribution is 0.562. The lowest BCUT2D eigenvalue weighted by Gasteiger charge is -2.16. The van der Waals surface area contributed by atoms with Gasteiger partial charge in [0.2, 0.25) is 0 Å². The average Bonchev–Trinajstić information content (AvgIpc) is 2.13. The van der Waals surface area contributed by atoms with Crippen LogP contribution in [0.25, 0.3) is 0 Å². The summed E-state index contributed by atoms with van der Waals surface area (Å²) in [7, 11) is 0. The van der Waals surface area contributed by atoms with Crippen molar-refractivity contribution in [1.82, 2.24) is 5.32 Å². The van der Waals surface area contributed by atoms with Crippen LogP contribution in [0.4, 0.5) is 0 Å². The second kappa shape index (κ2) is 6.99. The highest BCUT2D eigenvalue weighted by atomic mass is 14.9. The fraction of sp³-hybridized carbons (Fsp3) is 0.833. The fourth-order valence-corrected chi connectivity index (χ4v) is 1.50. The van der Waals surface area contributed by atoms with E-state index in [1.807, 2.05) is 0 Å². The summed E-state index contributed by atoms with van der Waals surface area (Å²) in [5, 5.41) is 3.38. The van der Waals surface area contributed by atoms with Gasteiger partial charge in [-0.25, -0.2) is 0 Å². The molecule has 0 fully saturated rings. The molecule has 0 aliphatic rings. The lowest BCUT2D eigenvalue weighted by Crippen LogP contribution is -2.13. The zero-order chi connectivity index (χ0) is 10.3. The molecular weight excluding hydrogens is 158 g/mol. The molecule has 0 aliphatic carbocycles. The molecule has 0 bridgehead atoms. The maximum absolute atomic E-state index is 3.38. The molecule has 78 valence electrons. The van der Waals surface area contributed by atoms with Crippen molar-refractivity contribution < 1.29 is 0 Å². The van der Waals surface area contributed by atoms with Crippen LogP contribution in [0.1, 0.15) is 53.9 Å². The van der Waals surface area contributed by atoms with Gasteiger partial charge in [0.1, 0.15) is 0 Å². The van der Waals surface area contributed by atoms with Gasteiger partial charge in [-0.2, -0.15) is 0 Å². The first-order valence-corrected chi connectivity index (χ1v) is 5.54. The van der Waals surface area contributed by atoms with E-state index in [1.54, 1.807) is 0 Å². The minimum Gasteiger partial charge on any atom is -0.389 e. The van der Waals surface area contributed by atoms with Crippen LogP contribution in [0, 0.1) is 5.92 Å². The second-order valence-electron chi connectivity index (χ2n) is 3.88. The molecule has 0 aromatic rings. The van der Waals surface area contributed by atoms with Crippen molar-refractivity contribution in [3.05, 3.63) is 11.3 Å². The number of unbranched alkanes of at least 4 members (excludes halogenated alkanes) is 1. The van der Waals surface area contributed by atoms with Gasteiger partial charge in [-0.15, -0.1) is 0 Å². The summed E-state index contributed by atoms with van der Waals surface area (Å²) < 4.78 is 0. The van der Waals surface area contributed by atoms with Crippen LogP contribution in [0.5, 0.6) is 0 Å². The minimum atomic E-state index is 0.735. The number of hydrogen-bond acceptors (Lipinski definition) is 1. The Morgan fingerprint density at radius 3 is 2.31 bits per heavy atom. The van der Waals surface area contributed by atoms with Crippen molar-refractivity contribution in [2.45, 2.75) is 53.9 Å². The van der Waals surface area contributed by atoms with Crippen molar-refractivity contribution in [1.29, 1.82) is 0 Å². The highest BCUT2D eigenvalue weighted by Crippen LogP contribution is 2.18. The summed E-state index contributed by atoms with van der Waals surface area (Å²) in [5.41, 5.74) is 2.89. The third kappa shape index (κ3) is 4.97. The van der Waals surface area contributed by atoms with Gasteiger partial charge in [0, 0.05) is 12.2 Å². The lowest BCUT2D eigenvalue weighted by atomic mass is 9.95. The van der Waals surface area contributed by atoms with E-state index in [1.165, 1.54) is 30.5 Å². The highest BCUT2D eigenvalue weighted by Gasteiger charge is 2.05. The van der Waals surface area contributed by atoms with Crippen molar-refractivity contribution in [3.63, 3.8) is 0 Å². The topological polar surface area (TPSA) is 12.0 Å². The quantitative estimate of drug-likeness (QED) is 0.662. The third-order valence-electron chi connectivity index (χ3n) is 2.76. The first-order valence-electron chi connectivity index (χ1n) is 5.54. The average molecular weight is 183 g/mol. The molecule has 0 radical (unpaired) electrons. The summed E-state index contributed by atoms with van der Waals surface area (Å²) in [6, 6.07) is 0. The van der Waals surface area contributed by atoms with Gasteiger partial charge in [0.25, 0.3) is 0 Å². The van der Waals surface area contributed by atoms with Crippen LogP contribution in [-0.2, 0) is 0 Å². The van der Waals surface area contributed by atoms with Gasteiger partial charge in [-0.1, -0.05) is 32.3 Å². The van der Waals surface area contributed by atoms with Crippen molar-refractivity contribution in [2.24, 2.45) is 5.92 Å². The van der Waals surface area contributed by atoms with E-state index in [0.717, 1.165) is 12.5 Å². The molecule has 0 aromatic carbocycles. The maximum Gasteiger partial charge on any atom is 0.0115 e. The van der Waals surface area contributed by atoms with E-state index in [-0.39, 0.29) is 0 Å². The Kier molecular flexibility index (Phi) is 6.75. The van der Waals surface area contributed by atoms with E-state index in [4.69, 9.17) is 0 Å². The van der Waals surface area contributed by atoms with Gasteiger partial charge < -0.3 is 5.32 Å². The van der Waals surface area contributed by atoms with Gasteiger partial charge in [0.15, 0.2) is 0 Å². The zero-order valence-electron chi connectivity index (χ0n) is 9.91. The SMILES string of the molecule is CCCC[C@H](C)/C(C)=C(/C)NCC. The molecule has 1 heteroatoms. The molecule has 0 rings (SSSR count). The Bertz CT molecular complexity index is 159. The Balaban J connectivity index is 4.04. The molecule has 0 saturated heterocycles. The second-order valence-corrected chi connectivity index (χ2v) is 3.88. The Labute approximate surface area is 83.6 Å². The molecule has 0 unspecified atom stereocenters. The summed E-state index contributed by atoms with van der Waals surface area (Å²) in [4.78, 5) is 0. The molecule has 1 atom stereocenters. The van der Waals surface area contributed by atoms with Crippen molar-refractivity contribution in [3.8, 4) is 0 Å². The predicted molar refractivity (Wildman–Crippen MR) is 60.7 cm³/mol. The Morgan fingerprint density at radius 2 is 1.85 bits per heavy atom. The van der Waals surface area contributed by atoms with Gasteiger partial charge in [0.05, 0.1) is 0 Å². The maximum atomic E-state index is 3.38. The molecule has 0 amide bonds. The van der Waals surface area contributed by atoms with E-state index in [0.29, 0.717) is 0 Å². The van der Waals surface area contributed by atoms with E-state index in [9.17, 15) is 0 Å². The summed E-state index contributed by atoms with van der Waals surface area (Å²) >= 11 is 0. The molecule has 0 aromatic heterocycles. The first kappa shape index (κ1) is 12.5. The van der Waals surface area contributed by atoms with Gasteiger partial charge >= 0.3 is 0 Å². The van der Waals surface area contributed by atoms with Crippen LogP contribution >= 0.6 is 0 Å². The summed E-state index contributed by atoms with van der Waals surface area (Å²) in [5.74, 6) is 0.735. The van der Waals surface area contributed by atoms with E-state index in [2.05, 4.69) is 39.9 Å². The molecule has 1 nitrogen and oxygen atoms in total. The number of allylic oxidation sites excluding steroid dienone is 2. The highest BCUT2D eigenvalue weighted by molar-refractivity contribution is 5.10. The molecular formula is C12H25N. The van der Waals surface area contributed by atoms with Crippen LogP contribution < -0.4 is 5.32 Å².